The Bertz CT molecular complexity index is 858. The lowest BCUT2D eigenvalue weighted by Crippen LogP contribution is -2.18. The van der Waals surface area contributed by atoms with Gasteiger partial charge >= 0.3 is 0 Å². The fraction of sp³-hybridized carbons (Fsp3) is 0.0588. The van der Waals surface area contributed by atoms with E-state index in [1.165, 1.54) is 6.21 Å². The first kappa shape index (κ1) is 15.4. The number of pyridine rings is 1. The van der Waals surface area contributed by atoms with Crippen LogP contribution in [0.25, 0.3) is 11.3 Å². The summed E-state index contributed by atoms with van der Waals surface area (Å²) in [6.07, 6.45) is 4.83. The zero-order valence-electron chi connectivity index (χ0n) is 12.9. The van der Waals surface area contributed by atoms with Crippen molar-refractivity contribution in [3.05, 3.63) is 66.1 Å². The molecule has 0 aliphatic heterocycles. The van der Waals surface area contributed by atoms with Crippen molar-refractivity contribution in [2.45, 2.75) is 0 Å². The smallest absolute Gasteiger partial charge is 0.289 e. The lowest BCUT2D eigenvalue weighted by molar-refractivity contribution is 0.0950. The van der Waals surface area contributed by atoms with E-state index in [1.54, 1.807) is 31.6 Å². The summed E-state index contributed by atoms with van der Waals surface area (Å²) in [5.41, 5.74) is 5.05. The second-order valence-electron chi connectivity index (χ2n) is 4.88. The average Bonchev–Trinajstić information content (AvgIpc) is 3.13. The molecule has 3 aromatic rings. The molecule has 0 radical (unpaired) electrons. The number of hydrogen-bond acceptors (Lipinski definition) is 5. The molecule has 7 heteroatoms. The van der Waals surface area contributed by atoms with Crippen molar-refractivity contribution in [2.24, 2.45) is 5.10 Å². The van der Waals surface area contributed by atoms with Crippen molar-refractivity contribution < 1.29 is 9.53 Å². The van der Waals surface area contributed by atoms with Gasteiger partial charge in [0.1, 0.15) is 11.4 Å². The third kappa shape index (κ3) is 3.64. The summed E-state index contributed by atoms with van der Waals surface area (Å²) in [5, 5.41) is 10.7. The molecule has 2 aromatic heterocycles. The summed E-state index contributed by atoms with van der Waals surface area (Å²) in [6, 6.07) is 12.7. The second kappa shape index (κ2) is 7.19. The highest BCUT2D eigenvalue weighted by Crippen LogP contribution is 2.22. The van der Waals surface area contributed by atoms with Crippen LogP contribution in [0, 0.1) is 0 Å². The summed E-state index contributed by atoms with van der Waals surface area (Å²) in [6.45, 7) is 0. The maximum atomic E-state index is 12.1. The number of hydrogen-bond donors (Lipinski definition) is 2. The van der Waals surface area contributed by atoms with Gasteiger partial charge < -0.3 is 4.74 Å². The van der Waals surface area contributed by atoms with E-state index in [9.17, 15) is 4.79 Å². The number of carbonyl (C=O) groups is 1. The molecule has 0 unspecified atom stereocenters. The molecule has 3 rings (SSSR count). The quantitative estimate of drug-likeness (QED) is 0.557. The number of aromatic nitrogens is 3. The molecule has 0 atom stereocenters. The minimum absolute atomic E-state index is 0.316. The molecule has 120 valence electrons. The van der Waals surface area contributed by atoms with Crippen LogP contribution in [0.15, 0.2) is 60.0 Å². The van der Waals surface area contributed by atoms with Crippen molar-refractivity contribution >= 4 is 12.1 Å². The zero-order chi connectivity index (χ0) is 16.8. The SMILES string of the molecule is COc1cccc(-c2cc(C(=O)NN=Cc3cccnc3)[nH]n2)c1. The monoisotopic (exact) mass is 321 g/mol. The number of ether oxygens (including phenoxy) is 1. The number of nitrogens with one attached hydrogen (secondary N) is 2. The van der Waals surface area contributed by atoms with E-state index in [2.05, 4.69) is 25.7 Å². The summed E-state index contributed by atoms with van der Waals surface area (Å²) in [7, 11) is 1.60. The molecule has 7 nitrogen and oxygen atoms in total. The average molecular weight is 321 g/mol. The maximum Gasteiger partial charge on any atom is 0.289 e. The summed E-state index contributed by atoms with van der Waals surface area (Å²) in [4.78, 5) is 16.0. The van der Waals surface area contributed by atoms with Crippen LogP contribution in [0.4, 0.5) is 0 Å². The number of nitrogens with zero attached hydrogens (tertiary/aromatic N) is 3. The highest BCUT2D eigenvalue weighted by molar-refractivity contribution is 5.94. The maximum absolute atomic E-state index is 12.1. The Kier molecular flexibility index (Phi) is 4.62. The van der Waals surface area contributed by atoms with Gasteiger partial charge in [-0.05, 0) is 24.3 Å². The van der Waals surface area contributed by atoms with E-state index >= 15 is 0 Å². The van der Waals surface area contributed by atoms with Crippen LogP contribution in [-0.2, 0) is 0 Å². The van der Waals surface area contributed by atoms with Crippen LogP contribution < -0.4 is 10.2 Å². The van der Waals surface area contributed by atoms with Crippen LogP contribution in [0.1, 0.15) is 16.1 Å². The standard InChI is InChI=1S/C17H15N5O2/c1-24-14-6-2-5-13(8-14)15-9-16(21-20-15)17(23)22-19-11-12-4-3-7-18-10-12/h2-11H,1H3,(H,20,21)(H,22,23). The topological polar surface area (TPSA) is 92.3 Å². The van der Waals surface area contributed by atoms with Gasteiger partial charge in [0.15, 0.2) is 0 Å². The lowest BCUT2D eigenvalue weighted by atomic mass is 10.1. The van der Waals surface area contributed by atoms with Crippen LogP contribution in [0.2, 0.25) is 0 Å². The van der Waals surface area contributed by atoms with Gasteiger partial charge in [-0.15, -0.1) is 0 Å². The predicted octanol–water partition coefficient (Wildman–Crippen LogP) is 2.24. The van der Waals surface area contributed by atoms with E-state index in [-0.39, 0.29) is 5.91 Å². The van der Waals surface area contributed by atoms with Crippen molar-refractivity contribution in [3.8, 4) is 17.0 Å². The van der Waals surface area contributed by atoms with E-state index in [0.717, 1.165) is 16.9 Å². The molecule has 1 aromatic carbocycles. The third-order valence-electron chi connectivity index (χ3n) is 3.25. The molecule has 24 heavy (non-hydrogen) atoms. The van der Waals surface area contributed by atoms with E-state index < -0.39 is 0 Å². The van der Waals surface area contributed by atoms with Gasteiger partial charge in [0.05, 0.1) is 19.0 Å². The first-order valence-corrected chi connectivity index (χ1v) is 7.19. The number of H-pyrrole nitrogens is 1. The molecular weight excluding hydrogens is 306 g/mol. The number of rotatable bonds is 5. The molecule has 0 aliphatic carbocycles. The summed E-state index contributed by atoms with van der Waals surface area (Å²) < 4.78 is 5.18. The summed E-state index contributed by atoms with van der Waals surface area (Å²) in [5.74, 6) is 0.347. The lowest BCUT2D eigenvalue weighted by Gasteiger charge is -2.00. The molecule has 2 heterocycles. The second-order valence-corrected chi connectivity index (χ2v) is 4.88. The normalized spacial score (nSPS) is 10.7. The fourth-order valence-electron chi connectivity index (χ4n) is 2.05. The Labute approximate surface area is 138 Å². The first-order chi connectivity index (χ1) is 11.8. The largest absolute Gasteiger partial charge is 0.497 e. The minimum atomic E-state index is -0.378. The Hall–Kier alpha value is -3.48. The van der Waals surface area contributed by atoms with E-state index in [0.29, 0.717) is 11.4 Å². The molecule has 1 amide bonds. The molecule has 0 saturated heterocycles. The van der Waals surface area contributed by atoms with Crippen LogP contribution >= 0.6 is 0 Å². The number of methoxy groups -OCH3 is 1. The number of hydrazone groups is 1. The van der Waals surface area contributed by atoms with Gasteiger partial charge in [0.25, 0.3) is 5.91 Å². The van der Waals surface area contributed by atoms with Crippen molar-refractivity contribution in [1.82, 2.24) is 20.6 Å². The molecule has 0 fully saturated rings. The van der Waals surface area contributed by atoms with Gasteiger partial charge in [0.2, 0.25) is 0 Å². The minimum Gasteiger partial charge on any atom is -0.497 e. The molecular formula is C17H15N5O2. The number of carbonyl (C=O) groups excluding carboxylic acids is 1. The number of benzene rings is 1. The van der Waals surface area contributed by atoms with Crippen LogP contribution in [0.3, 0.4) is 0 Å². The molecule has 2 N–H and O–H groups in total. The Morgan fingerprint density at radius 1 is 1.29 bits per heavy atom. The molecule has 0 saturated carbocycles. The number of aromatic amines is 1. The van der Waals surface area contributed by atoms with Crippen molar-refractivity contribution in [3.63, 3.8) is 0 Å². The van der Waals surface area contributed by atoms with Crippen molar-refractivity contribution in [1.29, 1.82) is 0 Å². The Morgan fingerprint density at radius 3 is 3.00 bits per heavy atom. The summed E-state index contributed by atoms with van der Waals surface area (Å²) >= 11 is 0. The Morgan fingerprint density at radius 2 is 2.21 bits per heavy atom. The van der Waals surface area contributed by atoms with E-state index in [4.69, 9.17) is 4.74 Å². The van der Waals surface area contributed by atoms with Crippen molar-refractivity contribution in [2.75, 3.05) is 7.11 Å². The van der Waals surface area contributed by atoms with E-state index in [1.807, 2.05) is 30.3 Å². The van der Waals surface area contributed by atoms with Gasteiger partial charge in [0, 0.05) is 23.5 Å². The highest BCUT2D eigenvalue weighted by atomic mass is 16.5. The molecule has 0 bridgehead atoms. The van der Waals surface area contributed by atoms with Gasteiger partial charge in [-0.3, -0.25) is 14.9 Å². The number of amides is 1. The van der Waals surface area contributed by atoms with Gasteiger partial charge in [-0.25, -0.2) is 5.43 Å². The third-order valence-corrected chi connectivity index (χ3v) is 3.25. The molecule has 0 aliphatic rings. The Balaban J connectivity index is 1.68. The van der Waals surface area contributed by atoms with Crippen LogP contribution in [0.5, 0.6) is 5.75 Å². The zero-order valence-corrected chi connectivity index (χ0v) is 12.9. The van der Waals surface area contributed by atoms with Gasteiger partial charge in [-0.1, -0.05) is 18.2 Å². The highest BCUT2D eigenvalue weighted by Gasteiger charge is 2.10. The first-order valence-electron chi connectivity index (χ1n) is 7.19. The molecule has 0 spiro atoms. The fourth-order valence-corrected chi connectivity index (χ4v) is 2.05. The van der Waals surface area contributed by atoms with Gasteiger partial charge in [-0.2, -0.15) is 10.2 Å². The van der Waals surface area contributed by atoms with Crippen LogP contribution in [-0.4, -0.2) is 34.4 Å². The predicted molar refractivity (Wildman–Crippen MR) is 89.9 cm³/mol.